The van der Waals surface area contributed by atoms with Crippen LogP contribution in [-0.2, 0) is 18.7 Å². The lowest BCUT2D eigenvalue weighted by molar-refractivity contribution is 0.403. The summed E-state index contributed by atoms with van der Waals surface area (Å²) >= 11 is 1.25. The van der Waals surface area contributed by atoms with E-state index in [9.17, 15) is 14.4 Å². The molecule has 0 atom stereocenters. The first-order valence-electron chi connectivity index (χ1n) is 8.31. The van der Waals surface area contributed by atoms with Crippen LogP contribution in [0.3, 0.4) is 0 Å². The standard InChI is InChI=1S/C17H14N6O4S/c24-13-5-7-23(16(26)20-13)8-6-14-21-22-17(27-14)28-9-12-18-11-4-2-1-3-10(11)15(25)19-12/h1-5,7H,6,8-9H2,(H,18,19,25)(H,20,24,26). The summed E-state index contributed by atoms with van der Waals surface area (Å²) in [6.07, 6.45) is 1.75. The van der Waals surface area contributed by atoms with Crippen molar-refractivity contribution in [2.24, 2.45) is 0 Å². The van der Waals surface area contributed by atoms with Crippen molar-refractivity contribution in [3.05, 3.63) is 79.4 Å². The molecule has 1 aromatic carbocycles. The number of thioether (sulfide) groups is 1. The number of aryl methyl sites for hydroxylation is 2. The van der Waals surface area contributed by atoms with Crippen LogP contribution in [0.4, 0.5) is 0 Å². The predicted molar refractivity (Wildman–Crippen MR) is 101 cm³/mol. The minimum atomic E-state index is -0.493. The smallest absolute Gasteiger partial charge is 0.328 e. The summed E-state index contributed by atoms with van der Waals surface area (Å²) in [6, 6.07) is 8.38. The molecule has 11 heteroatoms. The van der Waals surface area contributed by atoms with Gasteiger partial charge >= 0.3 is 5.69 Å². The number of H-pyrrole nitrogens is 2. The summed E-state index contributed by atoms with van der Waals surface area (Å²) in [6.45, 7) is 0.293. The molecule has 142 valence electrons. The molecule has 10 nitrogen and oxygen atoms in total. The van der Waals surface area contributed by atoms with Crippen molar-refractivity contribution in [2.75, 3.05) is 0 Å². The van der Waals surface area contributed by atoms with E-state index in [2.05, 4.69) is 25.1 Å². The van der Waals surface area contributed by atoms with E-state index < -0.39 is 11.2 Å². The van der Waals surface area contributed by atoms with Crippen molar-refractivity contribution in [1.29, 1.82) is 0 Å². The van der Waals surface area contributed by atoms with Gasteiger partial charge < -0.3 is 14.0 Å². The van der Waals surface area contributed by atoms with Crippen LogP contribution in [0.2, 0.25) is 0 Å². The third kappa shape index (κ3) is 3.93. The van der Waals surface area contributed by atoms with E-state index >= 15 is 0 Å². The molecular formula is C17H14N6O4S. The summed E-state index contributed by atoms with van der Waals surface area (Å²) in [7, 11) is 0. The molecule has 0 aliphatic rings. The number of hydrogen-bond donors (Lipinski definition) is 2. The zero-order valence-corrected chi connectivity index (χ0v) is 15.2. The Labute approximate surface area is 160 Å². The van der Waals surface area contributed by atoms with Crippen LogP contribution in [0.15, 0.2) is 60.6 Å². The number of benzene rings is 1. The fourth-order valence-electron chi connectivity index (χ4n) is 2.57. The molecule has 3 aromatic heterocycles. The van der Waals surface area contributed by atoms with E-state index in [0.717, 1.165) is 0 Å². The van der Waals surface area contributed by atoms with Gasteiger partial charge in [0.25, 0.3) is 16.3 Å². The number of para-hydroxylation sites is 1. The van der Waals surface area contributed by atoms with E-state index in [1.165, 1.54) is 28.6 Å². The van der Waals surface area contributed by atoms with Gasteiger partial charge in [0, 0.05) is 25.2 Å². The highest BCUT2D eigenvalue weighted by molar-refractivity contribution is 7.98. The number of aromatic nitrogens is 6. The number of aromatic amines is 2. The minimum absolute atomic E-state index is 0.196. The Morgan fingerprint density at radius 3 is 2.79 bits per heavy atom. The minimum Gasteiger partial charge on any atom is -0.416 e. The molecule has 0 aliphatic carbocycles. The molecule has 4 rings (SSSR count). The molecule has 0 fully saturated rings. The lowest BCUT2D eigenvalue weighted by Gasteiger charge is -2.01. The number of hydrogen-bond acceptors (Lipinski definition) is 8. The second-order valence-corrected chi connectivity index (χ2v) is 6.76. The number of nitrogens with one attached hydrogen (secondary N) is 2. The first-order chi connectivity index (χ1) is 13.6. The predicted octanol–water partition coefficient (Wildman–Crippen LogP) is 0.691. The van der Waals surface area contributed by atoms with Crippen LogP contribution < -0.4 is 16.8 Å². The van der Waals surface area contributed by atoms with E-state index in [4.69, 9.17) is 4.42 Å². The van der Waals surface area contributed by atoms with Crippen LogP contribution in [0.1, 0.15) is 11.7 Å². The van der Waals surface area contributed by atoms with Crippen LogP contribution in [0, 0.1) is 0 Å². The van der Waals surface area contributed by atoms with Gasteiger partial charge in [-0.25, -0.2) is 9.78 Å². The van der Waals surface area contributed by atoms with Crippen molar-refractivity contribution in [3.8, 4) is 0 Å². The second kappa shape index (κ2) is 7.64. The Hall–Kier alpha value is -3.47. The monoisotopic (exact) mass is 398 g/mol. The second-order valence-electron chi connectivity index (χ2n) is 5.83. The SMILES string of the molecule is O=c1ccn(CCc2nnc(SCc3nc4ccccc4c(=O)[nH]3)o2)c(=O)[nH]1. The fraction of sp³-hybridized carbons (Fsp3) is 0.176. The van der Waals surface area contributed by atoms with Crippen LogP contribution in [0.25, 0.3) is 10.9 Å². The fourth-order valence-corrected chi connectivity index (χ4v) is 3.22. The molecule has 0 radical (unpaired) electrons. The largest absolute Gasteiger partial charge is 0.416 e. The molecule has 0 bridgehead atoms. The lowest BCUT2D eigenvalue weighted by atomic mass is 10.2. The molecule has 2 N–H and O–H groups in total. The molecule has 3 heterocycles. The van der Waals surface area contributed by atoms with Crippen molar-refractivity contribution in [2.45, 2.75) is 23.9 Å². The molecule has 0 saturated heterocycles. The molecular weight excluding hydrogens is 384 g/mol. The van der Waals surface area contributed by atoms with Gasteiger partial charge in [0.2, 0.25) is 5.89 Å². The maximum atomic E-state index is 12.1. The zero-order valence-electron chi connectivity index (χ0n) is 14.4. The third-order valence-electron chi connectivity index (χ3n) is 3.91. The topological polar surface area (TPSA) is 140 Å². The normalized spacial score (nSPS) is 11.1. The molecule has 0 spiro atoms. The number of fused-ring (bicyclic) bond motifs is 1. The van der Waals surface area contributed by atoms with Gasteiger partial charge in [0.15, 0.2) is 0 Å². The average Bonchev–Trinajstić information content (AvgIpc) is 3.14. The maximum absolute atomic E-state index is 12.1. The summed E-state index contributed by atoms with van der Waals surface area (Å²) in [5.74, 6) is 1.23. The van der Waals surface area contributed by atoms with E-state index in [-0.39, 0.29) is 5.56 Å². The van der Waals surface area contributed by atoms with Crippen molar-refractivity contribution >= 4 is 22.7 Å². The van der Waals surface area contributed by atoms with Gasteiger partial charge in [0.1, 0.15) is 5.82 Å². The highest BCUT2D eigenvalue weighted by atomic mass is 32.2. The molecule has 0 saturated carbocycles. The Morgan fingerprint density at radius 1 is 1.07 bits per heavy atom. The van der Waals surface area contributed by atoms with E-state index in [1.807, 2.05) is 6.07 Å². The van der Waals surface area contributed by atoms with Crippen molar-refractivity contribution in [3.63, 3.8) is 0 Å². The molecule has 0 aliphatic heterocycles. The Morgan fingerprint density at radius 2 is 1.93 bits per heavy atom. The van der Waals surface area contributed by atoms with E-state index in [1.54, 1.807) is 18.2 Å². The summed E-state index contributed by atoms with van der Waals surface area (Å²) in [5.41, 5.74) is -0.510. The van der Waals surface area contributed by atoms with Gasteiger partial charge in [-0.3, -0.25) is 14.6 Å². The highest BCUT2D eigenvalue weighted by Gasteiger charge is 2.10. The van der Waals surface area contributed by atoms with Crippen molar-refractivity contribution in [1.82, 2.24) is 29.7 Å². The highest BCUT2D eigenvalue weighted by Crippen LogP contribution is 2.20. The van der Waals surface area contributed by atoms with Crippen molar-refractivity contribution < 1.29 is 4.42 Å². The zero-order chi connectivity index (χ0) is 19.5. The van der Waals surface area contributed by atoms with Gasteiger partial charge in [-0.05, 0) is 12.1 Å². The van der Waals surface area contributed by atoms with Gasteiger partial charge in [-0.2, -0.15) is 0 Å². The summed E-state index contributed by atoms with van der Waals surface area (Å²) < 4.78 is 6.89. The first-order valence-corrected chi connectivity index (χ1v) is 9.30. The molecule has 4 aromatic rings. The van der Waals surface area contributed by atoms with Gasteiger partial charge in [0.05, 0.1) is 16.7 Å². The molecule has 0 unspecified atom stereocenters. The maximum Gasteiger partial charge on any atom is 0.328 e. The van der Waals surface area contributed by atoms with Crippen LogP contribution in [-0.4, -0.2) is 29.7 Å². The summed E-state index contributed by atoms with van der Waals surface area (Å²) in [4.78, 5) is 44.1. The number of nitrogens with zero attached hydrogens (tertiary/aromatic N) is 4. The Kier molecular flexibility index (Phi) is 4.89. The summed E-state index contributed by atoms with van der Waals surface area (Å²) in [5, 5.41) is 8.76. The Balaban J connectivity index is 1.40. The Bertz CT molecular complexity index is 1300. The lowest BCUT2D eigenvalue weighted by Crippen LogP contribution is -2.29. The average molecular weight is 398 g/mol. The third-order valence-corrected chi connectivity index (χ3v) is 4.74. The quantitative estimate of drug-likeness (QED) is 0.452. The molecule has 28 heavy (non-hydrogen) atoms. The van der Waals surface area contributed by atoms with Crippen LogP contribution >= 0.6 is 11.8 Å². The van der Waals surface area contributed by atoms with E-state index in [0.29, 0.717) is 46.6 Å². The molecule has 0 amide bonds. The first kappa shape index (κ1) is 17.9. The van der Waals surface area contributed by atoms with Crippen LogP contribution in [0.5, 0.6) is 0 Å². The number of rotatable bonds is 6. The van der Waals surface area contributed by atoms with Gasteiger partial charge in [-0.15, -0.1) is 10.2 Å². The van der Waals surface area contributed by atoms with Gasteiger partial charge in [-0.1, -0.05) is 23.9 Å².